The number of rotatable bonds is 4. The van der Waals surface area contributed by atoms with E-state index in [9.17, 15) is 13.2 Å². The highest BCUT2D eigenvalue weighted by atomic mass is 32.2. The summed E-state index contributed by atoms with van der Waals surface area (Å²) in [5, 5.41) is 0. The molecule has 0 spiro atoms. The average Bonchev–Trinajstić information content (AvgIpc) is 2.64. The van der Waals surface area contributed by atoms with Crippen molar-refractivity contribution in [3.63, 3.8) is 0 Å². The van der Waals surface area contributed by atoms with Crippen molar-refractivity contribution in [1.29, 1.82) is 0 Å². The first-order valence-electron chi connectivity index (χ1n) is 8.87. The Morgan fingerprint density at radius 1 is 0.962 bits per heavy atom. The summed E-state index contributed by atoms with van der Waals surface area (Å²) in [6, 6.07) is 11.9. The number of anilines is 1. The van der Waals surface area contributed by atoms with E-state index in [1.54, 1.807) is 24.3 Å². The zero-order valence-corrected chi connectivity index (χ0v) is 16.0. The number of nitrogens with zero attached hydrogens (tertiary/aromatic N) is 1. The van der Waals surface area contributed by atoms with E-state index in [1.807, 2.05) is 30.9 Å². The SMILES string of the molecule is Cc1ccccc1NS(=O)(=O)c1ccc(C)c(C(=O)N2CCCCC2)c1. The van der Waals surface area contributed by atoms with Gasteiger partial charge in [0.15, 0.2) is 0 Å². The van der Waals surface area contributed by atoms with Gasteiger partial charge in [-0.3, -0.25) is 9.52 Å². The van der Waals surface area contributed by atoms with Gasteiger partial charge in [-0.15, -0.1) is 0 Å². The highest BCUT2D eigenvalue weighted by Crippen LogP contribution is 2.23. The fourth-order valence-electron chi connectivity index (χ4n) is 3.16. The predicted octanol–water partition coefficient (Wildman–Crippen LogP) is 3.73. The number of amides is 1. The molecule has 1 heterocycles. The molecule has 0 atom stereocenters. The smallest absolute Gasteiger partial charge is 0.261 e. The Hall–Kier alpha value is -2.34. The summed E-state index contributed by atoms with van der Waals surface area (Å²) in [4.78, 5) is 14.7. The zero-order valence-electron chi connectivity index (χ0n) is 15.2. The van der Waals surface area contributed by atoms with Gasteiger partial charge in [-0.1, -0.05) is 24.3 Å². The second-order valence-corrected chi connectivity index (χ2v) is 8.43. The monoisotopic (exact) mass is 372 g/mol. The molecule has 1 aliphatic rings. The Labute approximate surface area is 155 Å². The Morgan fingerprint density at radius 2 is 1.65 bits per heavy atom. The van der Waals surface area contributed by atoms with Crippen LogP contribution in [-0.4, -0.2) is 32.3 Å². The van der Waals surface area contributed by atoms with Gasteiger partial charge in [0, 0.05) is 18.7 Å². The molecule has 0 radical (unpaired) electrons. The minimum absolute atomic E-state index is 0.0878. The fraction of sp³-hybridized carbons (Fsp3) is 0.350. The number of hydrogen-bond acceptors (Lipinski definition) is 3. The van der Waals surface area contributed by atoms with Crippen molar-refractivity contribution >= 4 is 21.6 Å². The molecule has 0 saturated carbocycles. The van der Waals surface area contributed by atoms with Crippen LogP contribution in [0.15, 0.2) is 47.4 Å². The molecule has 1 saturated heterocycles. The molecule has 0 aromatic heterocycles. The topological polar surface area (TPSA) is 66.5 Å². The van der Waals surface area contributed by atoms with Crippen molar-refractivity contribution in [3.05, 3.63) is 59.2 Å². The summed E-state index contributed by atoms with van der Waals surface area (Å²) >= 11 is 0. The quantitative estimate of drug-likeness (QED) is 0.889. The number of hydrogen-bond donors (Lipinski definition) is 1. The summed E-state index contributed by atoms with van der Waals surface area (Å²) < 4.78 is 28.2. The third kappa shape index (κ3) is 3.90. The van der Waals surface area contributed by atoms with Crippen LogP contribution < -0.4 is 4.72 Å². The highest BCUT2D eigenvalue weighted by Gasteiger charge is 2.23. The van der Waals surface area contributed by atoms with Crippen molar-refractivity contribution in [3.8, 4) is 0 Å². The van der Waals surface area contributed by atoms with E-state index in [0.717, 1.165) is 43.5 Å². The summed E-state index contributed by atoms with van der Waals surface area (Å²) in [6.45, 7) is 5.15. The van der Waals surface area contributed by atoms with Gasteiger partial charge < -0.3 is 4.90 Å². The third-order valence-electron chi connectivity index (χ3n) is 4.78. The van der Waals surface area contributed by atoms with Crippen molar-refractivity contribution in [1.82, 2.24) is 4.90 Å². The van der Waals surface area contributed by atoms with E-state index in [-0.39, 0.29) is 10.8 Å². The average molecular weight is 372 g/mol. The van der Waals surface area contributed by atoms with Crippen LogP contribution in [-0.2, 0) is 10.0 Å². The van der Waals surface area contributed by atoms with Crippen LogP contribution in [0.1, 0.15) is 40.7 Å². The Bertz CT molecular complexity index is 916. The molecule has 1 amide bonds. The van der Waals surface area contributed by atoms with Crippen LogP contribution in [0.4, 0.5) is 5.69 Å². The molecule has 1 aliphatic heterocycles. The molecule has 0 aliphatic carbocycles. The number of likely N-dealkylation sites (tertiary alicyclic amines) is 1. The third-order valence-corrected chi connectivity index (χ3v) is 6.15. The van der Waals surface area contributed by atoms with Crippen LogP contribution >= 0.6 is 0 Å². The molecule has 2 aromatic rings. The minimum atomic E-state index is -3.76. The summed E-state index contributed by atoms with van der Waals surface area (Å²) in [6.07, 6.45) is 3.13. The van der Waals surface area contributed by atoms with Gasteiger partial charge >= 0.3 is 0 Å². The van der Waals surface area contributed by atoms with Crippen LogP contribution in [0.3, 0.4) is 0 Å². The largest absolute Gasteiger partial charge is 0.339 e. The van der Waals surface area contributed by atoms with Gasteiger partial charge in [0.2, 0.25) is 0 Å². The predicted molar refractivity (Wildman–Crippen MR) is 103 cm³/mol. The Kier molecular flexibility index (Phi) is 5.32. The van der Waals surface area contributed by atoms with Gasteiger partial charge in [-0.05, 0) is 62.4 Å². The fourth-order valence-corrected chi connectivity index (χ4v) is 4.31. The first kappa shape index (κ1) is 18.5. The second kappa shape index (κ2) is 7.50. The van der Waals surface area contributed by atoms with Crippen molar-refractivity contribution < 1.29 is 13.2 Å². The lowest BCUT2D eigenvalue weighted by Gasteiger charge is -2.27. The molecule has 5 nitrogen and oxygen atoms in total. The molecular formula is C20H24N2O3S. The number of aryl methyl sites for hydroxylation is 2. The molecular weight excluding hydrogens is 348 g/mol. The van der Waals surface area contributed by atoms with Gasteiger partial charge in [0.25, 0.3) is 15.9 Å². The van der Waals surface area contributed by atoms with Crippen molar-refractivity contribution in [2.45, 2.75) is 38.0 Å². The van der Waals surface area contributed by atoms with E-state index in [0.29, 0.717) is 11.3 Å². The molecule has 1 N–H and O–H groups in total. The van der Waals surface area contributed by atoms with E-state index in [4.69, 9.17) is 0 Å². The van der Waals surface area contributed by atoms with Gasteiger partial charge in [-0.2, -0.15) is 0 Å². The minimum Gasteiger partial charge on any atom is -0.339 e. The van der Waals surface area contributed by atoms with Gasteiger partial charge in [-0.25, -0.2) is 8.42 Å². The highest BCUT2D eigenvalue weighted by molar-refractivity contribution is 7.92. The first-order valence-corrected chi connectivity index (χ1v) is 10.4. The zero-order chi connectivity index (χ0) is 18.7. The molecule has 0 unspecified atom stereocenters. The Morgan fingerprint density at radius 3 is 2.35 bits per heavy atom. The maximum atomic E-state index is 12.8. The standard InChI is InChI=1S/C20H24N2O3S/c1-15-10-11-17(14-18(15)20(23)22-12-6-3-7-13-22)26(24,25)21-19-9-5-4-8-16(19)2/h4-5,8-11,14,21H,3,6-7,12-13H2,1-2H3. The summed E-state index contributed by atoms with van der Waals surface area (Å²) in [5.74, 6) is -0.0878. The lowest BCUT2D eigenvalue weighted by Crippen LogP contribution is -2.36. The molecule has 26 heavy (non-hydrogen) atoms. The first-order chi connectivity index (χ1) is 12.4. The van der Waals surface area contributed by atoms with Crippen LogP contribution in [0, 0.1) is 13.8 Å². The van der Waals surface area contributed by atoms with Crippen LogP contribution in [0.25, 0.3) is 0 Å². The molecule has 1 fully saturated rings. The number of para-hydroxylation sites is 1. The van der Waals surface area contributed by atoms with E-state index in [2.05, 4.69) is 4.72 Å². The number of benzene rings is 2. The van der Waals surface area contributed by atoms with Gasteiger partial charge in [0.05, 0.1) is 10.6 Å². The van der Waals surface area contributed by atoms with E-state index in [1.165, 1.54) is 6.07 Å². The Balaban J connectivity index is 1.91. The lowest BCUT2D eigenvalue weighted by molar-refractivity contribution is 0.0723. The van der Waals surface area contributed by atoms with Crippen molar-refractivity contribution in [2.24, 2.45) is 0 Å². The number of carbonyl (C=O) groups excluding carboxylic acids is 1. The number of sulfonamides is 1. The normalized spacial score (nSPS) is 14.9. The molecule has 0 bridgehead atoms. The van der Waals surface area contributed by atoms with Crippen LogP contribution in [0.5, 0.6) is 0 Å². The van der Waals surface area contributed by atoms with Gasteiger partial charge in [0.1, 0.15) is 0 Å². The summed E-state index contributed by atoms with van der Waals surface area (Å²) in [5.41, 5.74) is 2.62. The number of piperidine rings is 1. The van der Waals surface area contributed by atoms with Crippen LogP contribution in [0.2, 0.25) is 0 Å². The number of nitrogens with one attached hydrogen (secondary N) is 1. The maximum absolute atomic E-state index is 12.8. The molecule has 6 heteroatoms. The van der Waals surface area contributed by atoms with E-state index >= 15 is 0 Å². The molecule has 3 rings (SSSR count). The number of carbonyl (C=O) groups is 1. The summed E-state index contributed by atoms with van der Waals surface area (Å²) in [7, 11) is -3.76. The molecule has 138 valence electrons. The lowest BCUT2D eigenvalue weighted by atomic mass is 10.1. The van der Waals surface area contributed by atoms with Crippen molar-refractivity contribution in [2.75, 3.05) is 17.8 Å². The molecule has 2 aromatic carbocycles. The second-order valence-electron chi connectivity index (χ2n) is 6.75. The maximum Gasteiger partial charge on any atom is 0.261 e. The van der Waals surface area contributed by atoms with E-state index < -0.39 is 10.0 Å².